The molecule has 2 saturated carbocycles. The second kappa shape index (κ2) is 2.37. The van der Waals surface area contributed by atoms with Crippen LogP contribution in [0.4, 0.5) is 0 Å². The van der Waals surface area contributed by atoms with Crippen LogP contribution in [0, 0.1) is 29.6 Å². The van der Waals surface area contributed by atoms with Crippen molar-refractivity contribution in [2.45, 2.75) is 32.6 Å². The van der Waals surface area contributed by atoms with Gasteiger partial charge >= 0.3 is 0 Å². The highest BCUT2D eigenvalue weighted by molar-refractivity contribution is 5.16. The summed E-state index contributed by atoms with van der Waals surface area (Å²) >= 11 is 0. The maximum Gasteiger partial charge on any atom is -0.0194 e. The Morgan fingerprint density at radius 2 is 2.00 bits per heavy atom. The summed E-state index contributed by atoms with van der Waals surface area (Å²) in [4.78, 5) is 0. The Morgan fingerprint density at radius 3 is 2.83 bits per heavy atom. The number of fused-ring (bicyclic) bond motifs is 5. The Labute approximate surface area is 75.0 Å². The highest BCUT2D eigenvalue weighted by Crippen LogP contribution is 2.58. The van der Waals surface area contributed by atoms with Crippen LogP contribution in [-0.4, -0.2) is 0 Å². The lowest BCUT2D eigenvalue weighted by atomic mass is 9.80. The van der Waals surface area contributed by atoms with Crippen molar-refractivity contribution in [2.75, 3.05) is 0 Å². The van der Waals surface area contributed by atoms with Crippen LogP contribution in [-0.2, 0) is 0 Å². The predicted molar refractivity (Wildman–Crippen MR) is 50.7 cm³/mol. The minimum absolute atomic E-state index is 0.993. The average Bonchev–Trinajstić information content (AvgIpc) is 2.76. The lowest BCUT2D eigenvalue weighted by molar-refractivity contribution is 0.282. The van der Waals surface area contributed by atoms with E-state index in [1.165, 1.54) is 25.7 Å². The van der Waals surface area contributed by atoms with Crippen LogP contribution >= 0.6 is 0 Å². The van der Waals surface area contributed by atoms with E-state index in [1.54, 1.807) is 0 Å². The third kappa shape index (κ3) is 0.739. The van der Waals surface area contributed by atoms with Crippen molar-refractivity contribution in [3.63, 3.8) is 0 Å². The molecule has 0 aliphatic heterocycles. The summed E-state index contributed by atoms with van der Waals surface area (Å²) in [7, 11) is 0. The zero-order valence-corrected chi connectivity index (χ0v) is 7.87. The fraction of sp³-hybridized carbons (Fsp3) is 0.833. The molecule has 0 nitrogen and oxygen atoms in total. The Balaban J connectivity index is 1.89. The van der Waals surface area contributed by atoms with E-state index in [4.69, 9.17) is 0 Å². The molecular weight excluding hydrogens is 144 g/mol. The topological polar surface area (TPSA) is 0 Å². The maximum absolute atomic E-state index is 2.51. The lowest BCUT2D eigenvalue weighted by Gasteiger charge is -2.24. The second-order valence-corrected chi connectivity index (χ2v) is 4.94. The van der Waals surface area contributed by atoms with Gasteiger partial charge in [-0.2, -0.15) is 0 Å². The van der Waals surface area contributed by atoms with Crippen LogP contribution < -0.4 is 0 Å². The van der Waals surface area contributed by atoms with E-state index in [2.05, 4.69) is 19.1 Å². The Morgan fingerprint density at radius 1 is 1.17 bits per heavy atom. The molecule has 12 heavy (non-hydrogen) atoms. The molecule has 0 aromatic carbocycles. The molecule has 5 atom stereocenters. The molecule has 0 aromatic heterocycles. The highest BCUT2D eigenvalue weighted by Gasteiger charge is 2.50. The molecule has 0 N–H and O–H groups in total. The summed E-state index contributed by atoms with van der Waals surface area (Å²) in [5.41, 5.74) is 0. The normalized spacial score (nSPS) is 54.9. The molecule has 0 radical (unpaired) electrons. The molecule has 0 saturated heterocycles. The van der Waals surface area contributed by atoms with Gasteiger partial charge in [0.2, 0.25) is 0 Å². The third-order valence-electron chi connectivity index (χ3n) is 4.63. The number of hydrogen-bond donors (Lipinski definition) is 0. The standard InChI is InChI=1S/C12H18/c1-2-8-5-6-11-9-3-4-10(7-9)12(8)11/h3-4,8-12H,2,5-7H2,1H3. The van der Waals surface area contributed by atoms with Gasteiger partial charge in [0.1, 0.15) is 0 Å². The van der Waals surface area contributed by atoms with Gasteiger partial charge in [-0.1, -0.05) is 25.5 Å². The molecule has 0 aromatic rings. The van der Waals surface area contributed by atoms with Crippen LogP contribution in [0.2, 0.25) is 0 Å². The Bertz CT molecular complexity index is 216. The predicted octanol–water partition coefficient (Wildman–Crippen LogP) is 3.24. The summed E-state index contributed by atoms with van der Waals surface area (Å²) < 4.78 is 0. The van der Waals surface area contributed by atoms with Crippen molar-refractivity contribution in [1.29, 1.82) is 0 Å². The van der Waals surface area contributed by atoms with Crippen molar-refractivity contribution in [3.8, 4) is 0 Å². The van der Waals surface area contributed by atoms with Gasteiger partial charge in [-0.15, -0.1) is 0 Å². The van der Waals surface area contributed by atoms with E-state index in [1.807, 2.05) is 0 Å². The molecule has 0 heterocycles. The zero-order valence-electron chi connectivity index (χ0n) is 7.87. The first-order chi connectivity index (χ1) is 5.90. The maximum atomic E-state index is 2.51. The van der Waals surface area contributed by atoms with Crippen LogP contribution in [0.15, 0.2) is 12.2 Å². The van der Waals surface area contributed by atoms with Crippen molar-refractivity contribution in [1.82, 2.24) is 0 Å². The summed E-state index contributed by atoms with van der Waals surface area (Å²) in [5.74, 6) is 5.27. The van der Waals surface area contributed by atoms with Crippen LogP contribution in [0.1, 0.15) is 32.6 Å². The summed E-state index contributed by atoms with van der Waals surface area (Å²) in [6.07, 6.45) is 11.0. The SMILES string of the molecule is CCC1CCC2C3C=CC(C3)C12. The molecule has 0 heteroatoms. The van der Waals surface area contributed by atoms with Gasteiger partial charge in [0.15, 0.2) is 0 Å². The molecule has 66 valence electrons. The monoisotopic (exact) mass is 162 g/mol. The van der Waals surface area contributed by atoms with Gasteiger partial charge in [-0.25, -0.2) is 0 Å². The molecule has 3 aliphatic carbocycles. The average molecular weight is 162 g/mol. The van der Waals surface area contributed by atoms with Crippen molar-refractivity contribution >= 4 is 0 Å². The minimum Gasteiger partial charge on any atom is -0.0848 e. The van der Waals surface area contributed by atoms with E-state index >= 15 is 0 Å². The van der Waals surface area contributed by atoms with Gasteiger partial charge in [0.05, 0.1) is 0 Å². The molecule has 3 aliphatic rings. The van der Waals surface area contributed by atoms with E-state index < -0.39 is 0 Å². The molecular formula is C12H18. The Kier molecular flexibility index (Phi) is 1.42. The first kappa shape index (κ1) is 7.17. The smallest absolute Gasteiger partial charge is 0.0194 e. The summed E-state index contributed by atoms with van der Waals surface area (Å²) in [5, 5.41) is 0. The number of allylic oxidation sites excluding steroid dienone is 2. The summed E-state index contributed by atoms with van der Waals surface area (Å²) in [6.45, 7) is 2.38. The molecule has 2 fully saturated rings. The van der Waals surface area contributed by atoms with Gasteiger partial charge in [-0.05, 0) is 48.9 Å². The van der Waals surface area contributed by atoms with Gasteiger partial charge < -0.3 is 0 Å². The van der Waals surface area contributed by atoms with Gasteiger partial charge in [-0.3, -0.25) is 0 Å². The minimum atomic E-state index is 0.993. The highest BCUT2D eigenvalue weighted by atomic mass is 14.5. The largest absolute Gasteiger partial charge is 0.0848 e. The summed E-state index contributed by atoms with van der Waals surface area (Å²) in [6, 6.07) is 0. The van der Waals surface area contributed by atoms with Crippen molar-refractivity contribution < 1.29 is 0 Å². The van der Waals surface area contributed by atoms with E-state index in [0.717, 1.165) is 29.6 Å². The van der Waals surface area contributed by atoms with Gasteiger partial charge in [0.25, 0.3) is 0 Å². The van der Waals surface area contributed by atoms with Crippen LogP contribution in [0.3, 0.4) is 0 Å². The fourth-order valence-electron chi connectivity index (χ4n) is 4.14. The third-order valence-corrected chi connectivity index (χ3v) is 4.63. The van der Waals surface area contributed by atoms with E-state index in [-0.39, 0.29) is 0 Å². The number of hydrogen-bond acceptors (Lipinski definition) is 0. The van der Waals surface area contributed by atoms with E-state index in [0.29, 0.717) is 0 Å². The van der Waals surface area contributed by atoms with E-state index in [9.17, 15) is 0 Å². The molecule has 5 unspecified atom stereocenters. The quantitative estimate of drug-likeness (QED) is 0.519. The molecule has 0 spiro atoms. The van der Waals surface area contributed by atoms with Gasteiger partial charge in [0, 0.05) is 0 Å². The number of rotatable bonds is 1. The molecule has 2 bridgehead atoms. The second-order valence-electron chi connectivity index (χ2n) is 4.94. The molecule has 0 amide bonds. The first-order valence-electron chi connectivity index (χ1n) is 5.58. The Hall–Kier alpha value is -0.260. The van der Waals surface area contributed by atoms with Crippen LogP contribution in [0.25, 0.3) is 0 Å². The zero-order chi connectivity index (χ0) is 8.13. The fourth-order valence-corrected chi connectivity index (χ4v) is 4.14. The van der Waals surface area contributed by atoms with Crippen molar-refractivity contribution in [2.24, 2.45) is 29.6 Å². The van der Waals surface area contributed by atoms with Crippen molar-refractivity contribution in [3.05, 3.63) is 12.2 Å². The first-order valence-corrected chi connectivity index (χ1v) is 5.58. The van der Waals surface area contributed by atoms with Crippen LogP contribution in [0.5, 0.6) is 0 Å². The molecule has 3 rings (SSSR count). The lowest BCUT2D eigenvalue weighted by Crippen LogP contribution is -2.18.